The molecule has 0 saturated heterocycles. The van der Waals surface area contributed by atoms with Crippen molar-refractivity contribution >= 4 is 11.4 Å². The predicted octanol–water partition coefficient (Wildman–Crippen LogP) is 3.00. The fourth-order valence-electron chi connectivity index (χ4n) is 1.14. The molecule has 0 spiro atoms. The van der Waals surface area contributed by atoms with Crippen LogP contribution in [0.2, 0.25) is 0 Å². The predicted molar refractivity (Wildman–Crippen MR) is 59.2 cm³/mol. The third kappa shape index (κ3) is 3.44. The van der Waals surface area contributed by atoms with Gasteiger partial charge in [0.1, 0.15) is 17.6 Å². The molecule has 0 fully saturated rings. The van der Waals surface area contributed by atoms with Gasteiger partial charge < -0.3 is 5.32 Å². The second-order valence-corrected chi connectivity index (χ2v) is 3.65. The molecule has 0 amide bonds. The number of rotatable bonds is 4. The van der Waals surface area contributed by atoms with Crippen LogP contribution in [0.4, 0.5) is 24.5 Å². The number of halogens is 3. The minimum atomic E-state index is -4.64. The molecule has 1 aromatic rings. The van der Waals surface area contributed by atoms with Gasteiger partial charge in [-0.15, -0.1) is 0 Å². The first-order valence-electron chi connectivity index (χ1n) is 4.81. The van der Waals surface area contributed by atoms with E-state index in [0.717, 1.165) is 0 Å². The first kappa shape index (κ1) is 13.9. The second-order valence-electron chi connectivity index (χ2n) is 3.65. The zero-order chi connectivity index (χ0) is 13.9. The van der Waals surface area contributed by atoms with Crippen molar-refractivity contribution in [1.82, 2.24) is 4.98 Å². The van der Waals surface area contributed by atoms with E-state index in [2.05, 4.69) is 16.9 Å². The molecule has 5 nitrogen and oxygen atoms in total. The molecule has 1 rings (SSSR count). The lowest BCUT2D eigenvalue weighted by Gasteiger charge is -2.10. The lowest BCUT2D eigenvalue weighted by molar-refractivity contribution is -0.384. The van der Waals surface area contributed by atoms with Gasteiger partial charge in [-0.25, -0.2) is 4.98 Å². The van der Waals surface area contributed by atoms with E-state index in [9.17, 15) is 23.3 Å². The highest BCUT2D eigenvalue weighted by molar-refractivity contribution is 5.61. The van der Waals surface area contributed by atoms with Crippen molar-refractivity contribution in [3.63, 3.8) is 0 Å². The Balaban J connectivity index is 3.15. The van der Waals surface area contributed by atoms with Crippen LogP contribution in [-0.4, -0.2) is 16.5 Å². The van der Waals surface area contributed by atoms with Crippen LogP contribution in [0.3, 0.4) is 0 Å². The number of pyridine rings is 1. The SMILES string of the molecule is C=C(C)CNc1cc(C(F)(F)F)ncc1[N+](=O)[O-]. The summed E-state index contributed by atoms with van der Waals surface area (Å²) in [6.45, 7) is 5.33. The average Bonchev–Trinajstić information content (AvgIpc) is 2.24. The van der Waals surface area contributed by atoms with E-state index >= 15 is 0 Å². The summed E-state index contributed by atoms with van der Waals surface area (Å²) in [5, 5.41) is 13.2. The molecule has 18 heavy (non-hydrogen) atoms. The molecule has 0 atom stereocenters. The van der Waals surface area contributed by atoms with Crippen LogP contribution in [-0.2, 0) is 6.18 Å². The van der Waals surface area contributed by atoms with Crippen LogP contribution in [0.25, 0.3) is 0 Å². The number of nitrogens with one attached hydrogen (secondary N) is 1. The van der Waals surface area contributed by atoms with Crippen molar-refractivity contribution < 1.29 is 18.1 Å². The maximum Gasteiger partial charge on any atom is 0.433 e. The Bertz CT molecular complexity index is 486. The monoisotopic (exact) mass is 261 g/mol. The molecule has 1 N–H and O–H groups in total. The third-order valence-electron chi connectivity index (χ3n) is 1.95. The van der Waals surface area contributed by atoms with E-state index in [-0.39, 0.29) is 12.2 Å². The fraction of sp³-hybridized carbons (Fsp3) is 0.300. The quantitative estimate of drug-likeness (QED) is 0.514. The van der Waals surface area contributed by atoms with E-state index in [0.29, 0.717) is 17.8 Å². The fourth-order valence-corrected chi connectivity index (χ4v) is 1.14. The number of hydrogen-bond donors (Lipinski definition) is 1. The van der Waals surface area contributed by atoms with Gasteiger partial charge >= 0.3 is 11.9 Å². The number of nitro groups is 1. The maximum absolute atomic E-state index is 12.4. The van der Waals surface area contributed by atoms with E-state index < -0.39 is 22.5 Å². The molecule has 0 aromatic carbocycles. The maximum atomic E-state index is 12.4. The van der Waals surface area contributed by atoms with Crippen molar-refractivity contribution in [3.05, 3.63) is 40.2 Å². The zero-order valence-electron chi connectivity index (χ0n) is 9.41. The highest BCUT2D eigenvalue weighted by Crippen LogP contribution is 2.32. The first-order chi connectivity index (χ1) is 8.21. The summed E-state index contributed by atoms with van der Waals surface area (Å²) >= 11 is 0. The highest BCUT2D eigenvalue weighted by Gasteiger charge is 2.34. The summed E-state index contributed by atoms with van der Waals surface area (Å²) in [5.74, 6) is 0. The molecule has 8 heteroatoms. The lowest BCUT2D eigenvalue weighted by Crippen LogP contribution is -2.11. The van der Waals surface area contributed by atoms with E-state index in [1.54, 1.807) is 6.92 Å². The number of alkyl halides is 3. The minimum Gasteiger partial charge on any atom is -0.376 e. The van der Waals surface area contributed by atoms with E-state index in [1.807, 2.05) is 0 Å². The highest BCUT2D eigenvalue weighted by atomic mass is 19.4. The summed E-state index contributed by atoms with van der Waals surface area (Å²) in [7, 11) is 0. The Morgan fingerprint density at radius 2 is 2.22 bits per heavy atom. The second kappa shape index (κ2) is 5.03. The van der Waals surface area contributed by atoms with Gasteiger partial charge in [-0.05, 0) is 13.0 Å². The van der Waals surface area contributed by atoms with Gasteiger partial charge in [-0.1, -0.05) is 12.2 Å². The van der Waals surface area contributed by atoms with Crippen LogP contribution in [0, 0.1) is 10.1 Å². The van der Waals surface area contributed by atoms with Gasteiger partial charge in [0.05, 0.1) is 4.92 Å². The summed E-state index contributed by atoms with van der Waals surface area (Å²) in [6, 6.07) is 0.612. The zero-order valence-corrected chi connectivity index (χ0v) is 9.41. The van der Waals surface area contributed by atoms with Crippen molar-refractivity contribution in [2.24, 2.45) is 0 Å². The van der Waals surface area contributed by atoms with Gasteiger partial charge in [0, 0.05) is 6.54 Å². The minimum absolute atomic E-state index is 0.141. The van der Waals surface area contributed by atoms with Gasteiger partial charge in [0.25, 0.3) is 0 Å². The summed E-state index contributed by atoms with van der Waals surface area (Å²) in [6.07, 6.45) is -4.06. The van der Waals surface area contributed by atoms with Crippen LogP contribution >= 0.6 is 0 Å². The van der Waals surface area contributed by atoms with Crippen molar-refractivity contribution in [2.75, 3.05) is 11.9 Å². The van der Waals surface area contributed by atoms with Crippen molar-refractivity contribution in [2.45, 2.75) is 13.1 Å². The molecule has 0 aliphatic heterocycles. The summed E-state index contributed by atoms with van der Waals surface area (Å²) in [4.78, 5) is 12.9. The van der Waals surface area contributed by atoms with Gasteiger partial charge in [-0.3, -0.25) is 10.1 Å². The lowest BCUT2D eigenvalue weighted by atomic mass is 10.2. The van der Waals surface area contributed by atoms with Crippen LogP contribution in [0.15, 0.2) is 24.4 Å². The summed E-state index contributed by atoms with van der Waals surface area (Å²) < 4.78 is 37.3. The van der Waals surface area contributed by atoms with Crippen molar-refractivity contribution in [3.8, 4) is 0 Å². The molecule has 1 heterocycles. The molecule has 0 radical (unpaired) electrons. The first-order valence-corrected chi connectivity index (χ1v) is 4.81. The van der Waals surface area contributed by atoms with Gasteiger partial charge in [0.2, 0.25) is 0 Å². The summed E-state index contributed by atoms with van der Waals surface area (Å²) in [5.41, 5.74) is -1.29. The molecule has 1 aromatic heterocycles. The van der Waals surface area contributed by atoms with E-state index in [1.165, 1.54) is 0 Å². The normalized spacial score (nSPS) is 11.1. The largest absolute Gasteiger partial charge is 0.433 e. The average molecular weight is 261 g/mol. The van der Waals surface area contributed by atoms with Crippen molar-refractivity contribution in [1.29, 1.82) is 0 Å². The van der Waals surface area contributed by atoms with E-state index in [4.69, 9.17) is 0 Å². The molecule has 0 aliphatic rings. The van der Waals surface area contributed by atoms with Crippen LogP contribution in [0.1, 0.15) is 12.6 Å². The Kier molecular flexibility index (Phi) is 3.89. The van der Waals surface area contributed by atoms with Gasteiger partial charge in [-0.2, -0.15) is 13.2 Å². The Hall–Kier alpha value is -2.12. The number of hydrogen-bond acceptors (Lipinski definition) is 4. The smallest absolute Gasteiger partial charge is 0.376 e. The molecule has 0 unspecified atom stereocenters. The van der Waals surface area contributed by atoms with Crippen LogP contribution in [0.5, 0.6) is 0 Å². The Labute approximate surface area is 100 Å². The molecule has 0 bridgehead atoms. The molecule has 0 saturated carbocycles. The number of anilines is 1. The number of aromatic nitrogens is 1. The molecular formula is C10H10F3N3O2. The molecule has 0 aliphatic carbocycles. The molecule has 98 valence electrons. The topological polar surface area (TPSA) is 68.1 Å². The standard InChI is InChI=1S/C10H10F3N3O2/c1-6(2)4-14-7-3-9(10(11,12)13)15-5-8(7)16(17)18/h3,5H,1,4H2,2H3,(H,14,15). The third-order valence-corrected chi connectivity index (χ3v) is 1.95. The Morgan fingerprint density at radius 3 is 2.67 bits per heavy atom. The van der Waals surface area contributed by atoms with Gasteiger partial charge in [0.15, 0.2) is 0 Å². The van der Waals surface area contributed by atoms with Crippen LogP contribution < -0.4 is 5.32 Å². The Morgan fingerprint density at radius 1 is 1.61 bits per heavy atom. The number of nitrogens with zero attached hydrogens (tertiary/aromatic N) is 2. The molecular weight excluding hydrogens is 251 g/mol.